The summed E-state index contributed by atoms with van der Waals surface area (Å²) in [6.07, 6.45) is 1.77. The fourth-order valence-corrected chi connectivity index (χ4v) is 2.99. The normalized spacial score (nSPS) is 11.7. The van der Waals surface area contributed by atoms with Crippen molar-refractivity contribution in [1.29, 1.82) is 0 Å². The van der Waals surface area contributed by atoms with Gasteiger partial charge in [0.1, 0.15) is 11.2 Å². The van der Waals surface area contributed by atoms with Crippen LogP contribution in [0.15, 0.2) is 63.6 Å². The van der Waals surface area contributed by atoms with Crippen LogP contribution in [0, 0.1) is 6.92 Å². The van der Waals surface area contributed by atoms with Crippen molar-refractivity contribution in [3.63, 3.8) is 0 Å². The van der Waals surface area contributed by atoms with Crippen molar-refractivity contribution >= 4 is 33.1 Å². The maximum atomic E-state index is 5.91. The third kappa shape index (κ3) is 1.78. The molecule has 5 rings (SSSR count). The summed E-state index contributed by atoms with van der Waals surface area (Å²) in [5.74, 6) is 1.26. The molecular weight excluding hydrogens is 288 g/mol. The topological polar surface area (TPSA) is 52.1 Å². The lowest BCUT2D eigenvalue weighted by Gasteiger charge is -2.00. The van der Waals surface area contributed by atoms with E-state index in [9.17, 15) is 0 Å². The van der Waals surface area contributed by atoms with Gasteiger partial charge in [-0.2, -0.15) is 0 Å². The first-order valence-electron chi connectivity index (χ1n) is 7.43. The third-order valence-electron chi connectivity index (χ3n) is 4.07. The van der Waals surface area contributed by atoms with Gasteiger partial charge in [-0.05, 0) is 31.2 Å². The Bertz CT molecular complexity index is 1180. The highest BCUT2D eigenvalue weighted by atomic mass is 16.5. The van der Waals surface area contributed by atoms with E-state index >= 15 is 0 Å². The minimum atomic E-state index is 0.559. The number of hydrogen-bond acceptors (Lipinski definition) is 4. The molecule has 0 aliphatic heterocycles. The van der Waals surface area contributed by atoms with Gasteiger partial charge in [-0.1, -0.05) is 24.3 Å². The quantitative estimate of drug-likeness (QED) is 0.432. The molecule has 110 valence electrons. The summed E-state index contributed by atoms with van der Waals surface area (Å²) in [5, 5.41) is 3.13. The molecule has 0 aliphatic carbocycles. The van der Waals surface area contributed by atoms with Gasteiger partial charge < -0.3 is 8.83 Å². The molecule has 0 atom stereocenters. The van der Waals surface area contributed by atoms with E-state index in [1.54, 1.807) is 6.20 Å². The van der Waals surface area contributed by atoms with Crippen molar-refractivity contribution in [1.82, 2.24) is 9.97 Å². The molecule has 4 nitrogen and oxygen atoms in total. The number of furan rings is 2. The standard InChI is InChI=1S/C19H12N2O2/c1-11-8-9-20-18(21-11)12-6-7-14-16(10-12)23-19-17(14)13-4-2-3-5-15(13)22-19/h2-10H,1H3. The number of para-hydroxylation sites is 1. The summed E-state index contributed by atoms with van der Waals surface area (Å²) >= 11 is 0. The van der Waals surface area contributed by atoms with Gasteiger partial charge in [0.15, 0.2) is 5.82 Å². The zero-order chi connectivity index (χ0) is 15.4. The summed E-state index contributed by atoms with van der Waals surface area (Å²) < 4.78 is 11.7. The van der Waals surface area contributed by atoms with E-state index in [4.69, 9.17) is 8.83 Å². The van der Waals surface area contributed by atoms with Gasteiger partial charge in [-0.25, -0.2) is 9.97 Å². The van der Waals surface area contributed by atoms with Crippen molar-refractivity contribution in [2.75, 3.05) is 0 Å². The predicted octanol–water partition coefficient (Wildman–Crippen LogP) is 5.10. The van der Waals surface area contributed by atoms with E-state index in [0.29, 0.717) is 11.6 Å². The highest BCUT2D eigenvalue weighted by molar-refractivity contribution is 6.17. The SMILES string of the molecule is Cc1ccnc(-c2ccc3c(c2)oc2oc4ccccc4c23)n1. The maximum Gasteiger partial charge on any atom is 0.299 e. The summed E-state index contributed by atoms with van der Waals surface area (Å²) in [4.78, 5) is 8.80. The van der Waals surface area contributed by atoms with Crippen LogP contribution in [0.1, 0.15) is 5.69 Å². The van der Waals surface area contributed by atoms with E-state index < -0.39 is 0 Å². The molecule has 4 heteroatoms. The van der Waals surface area contributed by atoms with Gasteiger partial charge in [0, 0.05) is 28.2 Å². The molecule has 3 heterocycles. The van der Waals surface area contributed by atoms with Crippen LogP contribution in [-0.4, -0.2) is 9.97 Å². The van der Waals surface area contributed by atoms with Crippen LogP contribution >= 0.6 is 0 Å². The monoisotopic (exact) mass is 300 g/mol. The molecule has 0 unspecified atom stereocenters. The lowest BCUT2D eigenvalue weighted by atomic mass is 10.1. The molecule has 5 aromatic rings. The van der Waals surface area contributed by atoms with Gasteiger partial charge in [-0.3, -0.25) is 0 Å². The minimum absolute atomic E-state index is 0.559. The zero-order valence-electron chi connectivity index (χ0n) is 12.4. The zero-order valence-corrected chi connectivity index (χ0v) is 12.4. The van der Waals surface area contributed by atoms with Crippen molar-refractivity contribution in [2.45, 2.75) is 6.92 Å². The molecule has 0 aliphatic rings. The first-order chi connectivity index (χ1) is 11.3. The van der Waals surface area contributed by atoms with E-state index in [2.05, 4.69) is 9.97 Å². The highest BCUT2D eigenvalue weighted by Gasteiger charge is 2.16. The van der Waals surface area contributed by atoms with Crippen LogP contribution in [0.3, 0.4) is 0 Å². The second kappa shape index (κ2) is 4.43. The lowest BCUT2D eigenvalue weighted by Crippen LogP contribution is -1.89. The molecule has 0 saturated carbocycles. The Hall–Kier alpha value is -3.14. The van der Waals surface area contributed by atoms with Crippen LogP contribution in [0.2, 0.25) is 0 Å². The molecule has 0 saturated heterocycles. The Morgan fingerprint density at radius 1 is 0.870 bits per heavy atom. The number of hydrogen-bond donors (Lipinski definition) is 0. The largest absolute Gasteiger partial charge is 0.425 e. The van der Waals surface area contributed by atoms with Crippen LogP contribution in [0.4, 0.5) is 0 Å². The molecule has 0 N–H and O–H groups in total. The molecular formula is C19H12N2O2. The fourth-order valence-electron chi connectivity index (χ4n) is 2.99. The Labute approximate surface area is 131 Å². The first kappa shape index (κ1) is 12.4. The maximum absolute atomic E-state index is 5.91. The Morgan fingerprint density at radius 2 is 1.70 bits per heavy atom. The molecule has 0 fully saturated rings. The van der Waals surface area contributed by atoms with E-state index in [0.717, 1.165) is 38.6 Å². The molecule has 23 heavy (non-hydrogen) atoms. The van der Waals surface area contributed by atoms with Crippen molar-refractivity contribution in [3.05, 3.63) is 60.4 Å². The van der Waals surface area contributed by atoms with Gasteiger partial charge >= 0.3 is 0 Å². The fraction of sp³-hybridized carbons (Fsp3) is 0.0526. The molecule has 0 bridgehead atoms. The van der Waals surface area contributed by atoms with Crippen LogP contribution in [0.5, 0.6) is 0 Å². The van der Waals surface area contributed by atoms with Gasteiger partial charge in [-0.15, -0.1) is 0 Å². The molecule has 0 spiro atoms. The second-order valence-corrected chi connectivity index (χ2v) is 5.60. The van der Waals surface area contributed by atoms with E-state index in [-0.39, 0.29) is 0 Å². The van der Waals surface area contributed by atoms with Crippen LogP contribution in [-0.2, 0) is 0 Å². The lowest BCUT2D eigenvalue weighted by molar-refractivity contribution is 0.524. The average molecular weight is 300 g/mol. The predicted molar refractivity (Wildman–Crippen MR) is 89.3 cm³/mol. The minimum Gasteiger partial charge on any atom is -0.425 e. The van der Waals surface area contributed by atoms with Gasteiger partial charge in [0.05, 0.1) is 5.39 Å². The van der Waals surface area contributed by atoms with Gasteiger partial charge in [0.25, 0.3) is 5.78 Å². The van der Waals surface area contributed by atoms with E-state index in [1.807, 2.05) is 55.5 Å². The second-order valence-electron chi connectivity index (χ2n) is 5.60. The molecule has 0 amide bonds. The van der Waals surface area contributed by atoms with Crippen molar-refractivity contribution in [3.8, 4) is 11.4 Å². The number of aromatic nitrogens is 2. The Morgan fingerprint density at radius 3 is 2.61 bits per heavy atom. The summed E-state index contributed by atoms with van der Waals surface area (Å²) in [5.41, 5.74) is 3.50. The first-order valence-corrected chi connectivity index (χ1v) is 7.43. The number of nitrogens with zero attached hydrogens (tertiary/aromatic N) is 2. The van der Waals surface area contributed by atoms with E-state index in [1.165, 1.54) is 0 Å². The summed E-state index contributed by atoms with van der Waals surface area (Å²) in [6, 6.07) is 15.9. The number of fused-ring (bicyclic) bond motifs is 5. The van der Waals surface area contributed by atoms with Crippen molar-refractivity contribution in [2.24, 2.45) is 0 Å². The smallest absolute Gasteiger partial charge is 0.299 e. The average Bonchev–Trinajstić information content (AvgIpc) is 3.09. The van der Waals surface area contributed by atoms with Crippen LogP contribution < -0.4 is 0 Å². The van der Waals surface area contributed by atoms with Gasteiger partial charge in [0.2, 0.25) is 0 Å². The Kier molecular flexibility index (Phi) is 2.39. The molecule has 0 radical (unpaired) electrons. The summed E-state index contributed by atoms with van der Waals surface area (Å²) in [7, 11) is 0. The number of aryl methyl sites for hydroxylation is 1. The highest BCUT2D eigenvalue weighted by Crippen LogP contribution is 2.37. The molecule has 3 aromatic heterocycles. The number of rotatable bonds is 1. The number of benzene rings is 2. The van der Waals surface area contributed by atoms with Crippen molar-refractivity contribution < 1.29 is 8.83 Å². The summed E-state index contributed by atoms with van der Waals surface area (Å²) in [6.45, 7) is 1.95. The Balaban J connectivity index is 1.79. The molecule has 2 aromatic carbocycles. The van der Waals surface area contributed by atoms with Crippen LogP contribution in [0.25, 0.3) is 44.5 Å². The third-order valence-corrected chi connectivity index (χ3v) is 4.07.